The predicted octanol–water partition coefficient (Wildman–Crippen LogP) is 4.85. The molecule has 0 saturated heterocycles. The number of rotatable bonds is 9. The van der Waals surface area contributed by atoms with Crippen LogP contribution in [-0.2, 0) is 0 Å². The van der Waals surface area contributed by atoms with E-state index in [9.17, 15) is 0 Å². The molecule has 0 aliphatic heterocycles. The first-order valence-electron chi connectivity index (χ1n) is 7.31. The average molecular weight is 227 g/mol. The van der Waals surface area contributed by atoms with Gasteiger partial charge in [-0.15, -0.1) is 0 Å². The SMILES string of the molecule is CCCCCC(CCC)N(C(C)C)C(C)C. The molecule has 0 heterocycles. The summed E-state index contributed by atoms with van der Waals surface area (Å²) in [4.78, 5) is 2.71. The van der Waals surface area contributed by atoms with Gasteiger partial charge in [-0.3, -0.25) is 4.90 Å². The van der Waals surface area contributed by atoms with Crippen molar-refractivity contribution in [3.63, 3.8) is 0 Å². The number of unbranched alkanes of at least 4 members (excludes halogenated alkanes) is 2. The van der Waals surface area contributed by atoms with E-state index in [1.165, 1.54) is 38.5 Å². The molecule has 0 rings (SSSR count). The van der Waals surface area contributed by atoms with Gasteiger partial charge in [-0.05, 0) is 40.5 Å². The molecule has 1 heteroatoms. The van der Waals surface area contributed by atoms with Crippen LogP contribution in [0.25, 0.3) is 0 Å². The van der Waals surface area contributed by atoms with Crippen molar-refractivity contribution >= 4 is 0 Å². The molecule has 0 radical (unpaired) electrons. The van der Waals surface area contributed by atoms with E-state index in [2.05, 4.69) is 46.4 Å². The Morgan fingerprint density at radius 1 is 0.750 bits per heavy atom. The Hall–Kier alpha value is -0.0400. The van der Waals surface area contributed by atoms with Crippen molar-refractivity contribution in [2.24, 2.45) is 0 Å². The lowest BCUT2D eigenvalue weighted by Gasteiger charge is -2.38. The van der Waals surface area contributed by atoms with Crippen LogP contribution in [0.2, 0.25) is 0 Å². The van der Waals surface area contributed by atoms with Crippen LogP contribution in [0.1, 0.15) is 80.1 Å². The van der Waals surface area contributed by atoms with Crippen molar-refractivity contribution in [3.05, 3.63) is 0 Å². The molecule has 0 aliphatic rings. The van der Waals surface area contributed by atoms with Crippen LogP contribution in [0.15, 0.2) is 0 Å². The lowest BCUT2D eigenvalue weighted by molar-refractivity contribution is 0.0975. The van der Waals surface area contributed by atoms with Crippen LogP contribution < -0.4 is 0 Å². The van der Waals surface area contributed by atoms with Crippen molar-refractivity contribution in [3.8, 4) is 0 Å². The minimum absolute atomic E-state index is 0.679. The summed E-state index contributed by atoms with van der Waals surface area (Å²) in [5.41, 5.74) is 0. The molecule has 0 aromatic heterocycles. The zero-order valence-corrected chi connectivity index (χ0v) is 12.4. The van der Waals surface area contributed by atoms with Gasteiger partial charge in [-0.25, -0.2) is 0 Å². The molecular formula is C15H33N. The standard InChI is InChI=1S/C15H33N/c1-7-9-10-12-15(11-8-2)16(13(3)4)14(5)6/h13-15H,7-12H2,1-6H3. The maximum atomic E-state index is 2.71. The summed E-state index contributed by atoms with van der Waals surface area (Å²) in [6, 6.07) is 2.16. The van der Waals surface area contributed by atoms with E-state index < -0.39 is 0 Å². The van der Waals surface area contributed by atoms with Crippen molar-refractivity contribution in [1.29, 1.82) is 0 Å². The van der Waals surface area contributed by atoms with E-state index in [0.29, 0.717) is 12.1 Å². The first-order valence-corrected chi connectivity index (χ1v) is 7.31. The van der Waals surface area contributed by atoms with E-state index in [1.807, 2.05) is 0 Å². The molecule has 0 aromatic carbocycles. The molecule has 0 spiro atoms. The monoisotopic (exact) mass is 227 g/mol. The normalized spacial score (nSPS) is 14.1. The highest BCUT2D eigenvalue weighted by Crippen LogP contribution is 2.20. The van der Waals surface area contributed by atoms with Gasteiger partial charge in [0.1, 0.15) is 0 Å². The Bertz CT molecular complexity index is 144. The molecule has 98 valence electrons. The third kappa shape index (κ3) is 5.89. The Morgan fingerprint density at radius 2 is 1.31 bits per heavy atom. The number of nitrogens with zero attached hydrogens (tertiary/aromatic N) is 1. The highest BCUT2D eigenvalue weighted by atomic mass is 15.2. The zero-order chi connectivity index (χ0) is 12.6. The van der Waals surface area contributed by atoms with Gasteiger partial charge in [-0.1, -0.05) is 39.5 Å². The fourth-order valence-corrected chi connectivity index (χ4v) is 2.85. The number of hydrogen-bond acceptors (Lipinski definition) is 1. The van der Waals surface area contributed by atoms with Crippen LogP contribution in [0.4, 0.5) is 0 Å². The van der Waals surface area contributed by atoms with Crippen molar-refractivity contribution in [2.75, 3.05) is 0 Å². The summed E-state index contributed by atoms with van der Waals surface area (Å²) in [6.07, 6.45) is 8.19. The second-order valence-electron chi connectivity index (χ2n) is 5.57. The molecule has 0 aromatic rings. The molecule has 0 amide bonds. The second kappa shape index (κ2) is 9.04. The minimum atomic E-state index is 0.679. The lowest BCUT2D eigenvalue weighted by Crippen LogP contribution is -2.45. The van der Waals surface area contributed by atoms with Crippen LogP contribution in [0.5, 0.6) is 0 Å². The third-order valence-electron chi connectivity index (χ3n) is 3.38. The van der Waals surface area contributed by atoms with Crippen LogP contribution in [-0.4, -0.2) is 23.0 Å². The quantitative estimate of drug-likeness (QED) is 0.509. The Balaban J connectivity index is 4.32. The Labute approximate surface area is 104 Å². The van der Waals surface area contributed by atoms with Gasteiger partial charge >= 0.3 is 0 Å². The first-order chi connectivity index (χ1) is 7.54. The summed E-state index contributed by atoms with van der Waals surface area (Å²) in [7, 11) is 0. The van der Waals surface area contributed by atoms with Crippen LogP contribution in [0, 0.1) is 0 Å². The van der Waals surface area contributed by atoms with Gasteiger partial charge in [0.25, 0.3) is 0 Å². The molecule has 1 atom stereocenters. The predicted molar refractivity (Wildman–Crippen MR) is 74.9 cm³/mol. The Morgan fingerprint density at radius 3 is 1.69 bits per heavy atom. The Kier molecular flexibility index (Phi) is 9.02. The molecule has 1 unspecified atom stereocenters. The smallest absolute Gasteiger partial charge is 0.0101 e. The summed E-state index contributed by atoms with van der Waals surface area (Å²) in [6.45, 7) is 13.9. The fourth-order valence-electron chi connectivity index (χ4n) is 2.85. The lowest BCUT2D eigenvalue weighted by atomic mass is 9.99. The molecule has 0 bridgehead atoms. The molecule has 1 nitrogen and oxygen atoms in total. The van der Waals surface area contributed by atoms with E-state index in [0.717, 1.165) is 6.04 Å². The van der Waals surface area contributed by atoms with Gasteiger partial charge in [0, 0.05) is 18.1 Å². The maximum Gasteiger partial charge on any atom is 0.0101 e. The van der Waals surface area contributed by atoms with Crippen LogP contribution >= 0.6 is 0 Å². The highest BCUT2D eigenvalue weighted by Gasteiger charge is 2.22. The van der Waals surface area contributed by atoms with Crippen molar-refractivity contribution in [1.82, 2.24) is 4.90 Å². The van der Waals surface area contributed by atoms with E-state index >= 15 is 0 Å². The van der Waals surface area contributed by atoms with Gasteiger partial charge in [-0.2, -0.15) is 0 Å². The van der Waals surface area contributed by atoms with E-state index in [1.54, 1.807) is 0 Å². The number of hydrogen-bond donors (Lipinski definition) is 0. The minimum Gasteiger partial charge on any atom is -0.296 e. The maximum absolute atomic E-state index is 2.71. The summed E-state index contributed by atoms with van der Waals surface area (Å²) in [5, 5.41) is 0. The average Bonchev–Trinajstić information content (AvgIpc) is 2.17. The van der Waals surface area contributed by atoms with Crippen LogP contribution in [0.3, 0.4) is 0 Å². The topological polar surface area (TPSA) is 3.24 Å². The molecule has 0 N–H and O–H groups in total. The van der Waals surface area contributed by atoms with Gasteiger partial charge in [0.15, 0.2) is 0 Å². The highest BCUT2D eigenvalue weighted by molar-refractivity contribution is 4.77. The first kappa shape index (κ1) is 16.0. The van der Waals surface area contributed by atoms with E-state index in [-0.39, 0.29) is 0 Å². The van der Waals surface area contributed by atoms with Gasteiger partial charge in [0.2, 0.25) is 0 Å². The molecule has 0 saturated carbocycles. The van der Waals surface area contributed by atoms with E-state index in [4.69, 9.17) is 0 Å². The summed E-state index contributed by atoms with van der Waals surface area (Å²) in [5.74, 6) is 0. The molecule has 0 fully saturated rings. The molecular weight excluding hydrogens is 194 g/mol. The van der Waals surface area contributed by atoms with Gasteiger partial charge < -0.3 is 0 Å². The second-order valence-corrected chi connectivity index (χ2v) is 5.57. The molecule has 0 aliphatic carbocycles. The largest absolute Gasteiger partial charge is 0.296 e. The van der Waals surface area contributed by atoms with Crippen molar-refractivity contribution in [2.45, 2.75) is 98.2 Å². The zero-order valence-electron chi connectivity index (χ0n) is 12.4. The van der Waals surface area contributed by atoms with Gasteiger partial charge in [0.05, 0.1) is 0 Å². The fraction of sp³-hybridized carbons (Fsp3) is 1.00. The van der Waals surface area contributed by atoms with Crippen molar-refractivity contribution < 1.29 is 0 Å². The molecule has 16 heavy (non-hydrogen) atoms. The third-order valence-corrected chi connectivity index (χ3v) is 3.38. The summed E-state index contributed by atoms with van der Waals surface area (Å²) >= 11 is 0. The summed E-state index contributed by atoms with van der Waals surface area (Å²) < 4.78 is 0.